The van der Waals surface area contributed by atoms with E-state index in [1.807, 2.05) is 76.5 Å². The molecule has 1 saturated heterocycles. The third-order valence-electron chi connectivity index (χ3n) is 16.1. The maximum absolute atomic E-state index is 14.2. The number of amidine groups is 1. The third kappa shape index (κ3) is 18.7. The number of thiazole rings is 1. The van der Waals surface area contributed by atoms with E-state index in [-0.39, 0.29) is 48.1 Å². The number of aliphatic hydroxyl groups is 1. The molecule has 9 N–H and O–H groups in total. The first kappa shape index (κ1) is 62.9. The van der Waals surface area contributed by atoms with Gasteiger partial charge < -0.3 is 37.8 Å². The van der Waals surface area contributed by atoms with Crippen molar-refractivity contribution in [2.45, 2.75) is 199 Å². The van der Waals surface area contributed by atoms with Gasteiger partial charge in [-0.05, 0) is 137 Å². The minimum absolute atomic E-state index is 0.0628. The van der Waals surface area contributed by atoms with E-state index in [0.717, 1.165) is 121 Å². The first-order valence-corrected chi connectivity index (χ1v) is 31.2. The van der Waals surface area contributed by atoms with E-state index in [2.05, 4.69) is 34.7 Å². The molecule has 2 aromatic carbocycles. The average Bonchev–Trinajstić information content (AvgIpc) is 3.98. The van der Waals surface area contributed by atoms with Crippen LogP contribution in [0.5, 0.6) is 0 Å². The molecule has 78 heavy (non-hydrogen) atoms. The number of carbonyl (C=O) groups excluding carboxylic acids is 3. The number of halogens is 2. The highest BCUT2D eigenvalue weighted by molar-refractivity contribution is 8.03. The molecule has 0 bridgehead atoms. The highest BCUT2D eigenvalue weighted by atomic mass is 35.5. The Hall–Kier alpha value is -4.25. The number of nitrogens with zero attached hydrogens (tertiary/aromatic N) is 4. The number of hydrogen-bond acceptors (Lipinski definition) is 11. The van der Waals surface area contributed by atoms with Crippen molar-refractivity contribution >= 4 is 75.6 Å². The van der Waals surface area contributed by atoms with Crippen LogP contribution in [0.1, 0.15) is 180 Å². The number of aliphatic imine (C=N–C) groups is 2. The Kier molecular flexibility index (Phi) is 24.6. The summed E-state index contributed by atoms with van der Waals surface area (Å²) in [5, 5.41) is 18.0. The summed E-state index contributed by atoms with van der Waals surface area (Å²) in [6.07, 6.45) is 22.4. The van der Waals surface area contributed by atoms with E-state index < -0.39 is 23.6 Å². The van der Waals surface area contributed by atoms with Crippen LogP contribution >= 0.6 is 46.3 Å². The lowest BCUT2D eigenvalue weighted by atomic mass is 9.76. The Balaban J connectivity index is 0.835. The first-order chi connectivity index (χ1) is 37.3. The number of aryl methyl sites for hydroxylation is 1. The lowest BCUT2D eigenvalue weighted by Gasteiger charge is -2.33. The highest BCUT2D eigenvalue weighted by Crippen LogP contribution is 2.43. The number of amides is 3. The van der Waals surface area contributed by atoms with E-state index in [9.17, 15) is 19.5 Å². The summed E-state index contributed by atoms with van der Waals surface area (Å²) in [7, 11) is 0. The van der Waals surface area contributed by atoms with Crippen molar-refractivity contribution in [2.75, 3.05) is 19.6 Å². The summed E-state index contributed by atoms with van der Waals surface area (Å²) in [5.74, 6) is 1.34. The fourth-order valence-corrected chi connectivity index (χ4v) is 13.5. The van der Waals surface area contributed by atoms with E-state index >= 15 is 0 Å². The lowest BCUT2D eigenvalue weighted by Crippen LogP contribution is -2.52. The van der Waals surface area contributed by atoms with Crippen LogP contribution in [0.2, 0.25) is 10.0 Å². The van der Waals surface area contributed by atoms with E-state index in [1.54, 1.807) is 29.2 Å². The molecule has 0 radical (unpaired) electrons. The van der Waals surface area contributed by atoms with Crippen LogP contribution in [0.25, 0.3) is 10.4 Å². The number of likely N-dealkylation sites (tertiary alicyclic amines) is 1. The molecule has 3 amide bonds. The van der Waals surface area contributed by atoms with Crippen molar-refractivity contribution in [3.05, 3.63) is 92.2 Å². The van der Waals surface area contributed by atoms with E-state index in [4.69, 9.17) is 50.4 Å². The summed E-state index contributed by atoms with van der Waals surface area (Å²) in [5.41, 5.74) is 25.1. The van der Waals surface area contributed by atoms with Crippen LogP contribution in [0, 0.1) is 29.6 Å². The fraction of sp³-hybridized carbons (Fsp3) is 0.607. The van der Waals surface area contributed by atoms with E-state index in [1.165, 1.54) is 30.6 Å². The summed E-state index contributed by atoms with van der Waals surface area (Å²) in [6.45, 7) is 13.4. The normalized spacial score (nSPS) is 24.1. The van der Waals surface area contributed by atoms with Crippen molar-refractivity contribution < 1.29 is 19.5 Å². The number of hydrogen-bond donors (Lipinski definition) is 6. The zero-order chi connectivity index (χ0) is 56.4. The lowest BCUT2D eigenvalue weighted by molar-refractivity contribution is -0.141. The standard InChI is InChI=1S/C61H89Cl2N9O4S2/c1-40-18-15-20-46(70-57(66)54(40)78-50-22-16-21-48(62)53(50)63)30-25-43-19-17-33-61(38-64,34-31-43)32-13-10-12-24-52(74)67-35-14-9-7-8-11-23-51(65)71-56(60(4,5)6)59(76)72-37-47(73)36-49(72)58(75)69-41(2)44-26-28-45(29-27-44)55-42(3)68-39-77-55/h15-16,20-22,26-29,39-41,43,47,49,56,73H,7-14,17-19,23-25,30-38,64,66H2,1-6H3,(H2,65,71)(H,67,74)(H,69,75)/b20-15+,57-54+,70-46+/t40?,41-,43?,47+,49-,56+,61?/m0/s1. The van der Waals surface area contributed by atoms with Gasteiger partial charge in [0.05, 0.1) is 44.1 Å². The van der Waals surface area contributed by atoms with Crippen LogP contribution < -0.4 is 27.8 Å². The largest absolute Gasteiger partial charge is 0.391 e. The second-order valence-corrected chi connectivity index (χ2v) is 26.1. The Morgan fingerprint density at radius 1 is 1.00 bits per heavy atom. The van der Waals surface area contributed by atoms with Crippen LogP contribution in [-0.2, 0) is 14.4 Å². The fourth-order valence-electron chi connectivity index (χ4n) is 11.2. The number of β-amino-alcohol motifs (C(OH)–C–C–N with tert-alkyl or cyclic N) is 1. The molecule has 3 aliphatic rings. The van der Waals surface area contributed by atoms with Gasteiger partial charge in [-0.25, -0.2) is 9.98 Å². The number of nitrogens with two attached hydrogens (primary N) is 3. The SMILES string of the molecule is Cc1ncsc1-c1ccc([C@H](C)NC(=O)[C@@H]2C[C@@H](O)CN2C(=O)[C@@H](N=C(N)CCCCCCCNC(=O)CCCCCC2(CN)CCCC(CCC3=N/C(N)=C(/Sc4cccc(Cl)c4Cl)C(C)C\C=C\3)CC2)C(C)(C)C)cc1. The summed E-state index contributed by atoms with van der Waals surface area (Å²) < 4.78 is 0. The molecule has 17 heteroatoms. The summed E-state index contributed by atoms with van der Waals surface area (Å²) >= 11 is 16.0. The number of unbranched alkanes of at least 4 members (excludes halogenated alkanes) is 6. The van der Waals surface area contributed by atoms with Crippen molar-refractivity contribution in [3.63, 3.8) is 0 Å². The van der Waals surface area contributed by atoms with Gasteiger partial charge in [0.1, 0.15) is 17.9 Å². The molecular formula is C61H89Cl2N9O4S2. The number of aliphatic hydroxyl groups excluding tert-OH is 1. The van der Waals surface area contributed by atoms with Crippen LogP contribution in [0.15, 0.2) is 85.7 Å². The number of benzene rings is 2. The van der Waals surface area contributed by atoms with Crippen molar-refractivity contribution in [1.82, 2.24) is 20.5 Å². The van der Waals surface area contributed by atoms with Crippen molar-refractivity contribution in [3.8, 4) is 10.4 Å². The molecule has 7 atom stereocenters. The monoisotopic (exact) mass is 1150 g/mol. The van der Waals surface area contributed by atoms with Gasteiger partial charge in [-0.2, -0.15) is 0 Å². The van der Waals surface area contributed by atoms with Gasteiger partial charge in [0.25, 0.3) is 0 Å². The maximum Gasteiger partial charge on any atom is 0.248 e. The van der Waals surface area contributed by atoms with Gasteiger partial charge in [-0.15, -0.1) is 11.3 Å². The molecule has 3 heterocycles. The summed E-state index contributed by atoms with van der Waals surface area (Å²) in [6, 6.07) is 11.8. The molecule has 428 valence electrons. The summed E-state index contributed by atoms with van der Waals surface area (Å²) in [4.78, 5) is 59.2. The molecule has 2 aliphatic heterocycles. The van der Waals surface area contributed by atoms with E-state index in [0.29, 0.717) is 53.6 Å². The van der Waals surface area contributed by atoms with Gasteiger partial charge in [-0.3, -0.25) is 19.4 Å². The number of carbonyl (C=O) groups is 3. The Morgan fingerprint density at radius 3 is 2.46 bits per heavy atom. The molecule has 3 unspecified atom stereocenters. The quantitative estimate of drug-likeness (QED) is 0.0195. The highest BCUT2D eigenvalue weighted by Gasteiger charge is 2.44. The predicted molar refractivity (Wildman–Crippen MR) is 325 cm³/mol. The van der Waals surface area contributed by atoms with Gasteiger partial charge >= 0.3 is 0 Å². The Labute approximate surface area is 483 Å². The molecule has 1 aliphatic carbocycles. The van der Waals surface area contributed by atoms with Crippen LogP contribution in [0.4, 0.5) is 0 Å². The number of allylic oxidation sites excluding steroid dienone is 3. The number of rotatable bonds is 26. The average molecular weight is 1150 g/mol. The zero-order valence-corrected chi connectivity index (χ0v) is 50.4. The molecule has 2 fully saturated rings. The molecule has 1 saturated carbocycles. The molecular weight excluding hydrogens is 1060 g/mol. The smallest absolute Gasteiger partial charge is 0.248 e. The maximum atomic E-state index is 14.2. The number of aromatic nitrogens is 1. The van der Waals surface area contributed by atoms with Gasteiger partial charge in [0.15, 0.2) is 0 Å². The minimum atomic E-state index is -0.818. The van der Waals surface area contributed by atoms with Gasteiger partial charge in [0.2, 0.25) is 17.7 Å². The van der Waals surface area contributed by atoms with Gasteiger partial charge in [-0.1, -0.05) is 144 Å². The van der Waals surface area contributed by atoms with Crippen molar-refractivity contribution in [1.29, 1.82) is 0 Å². The topological polar surface area (TPSA) is 214 Å². The second kappa shape index (κ2) is 30.5. The molecule has 1 aromatic heterocycles. The van der Waals surface area contributed by atoms with Crippen LogP contribution in [0.3, 0.4) is 0 Å². The zero-order valence-electron chi connectivity index (χ0n) is 47.3. The third-order valence-corrected chi connectivity index (χ3v) is 19.4. The first-order valence-electron chi connectivity index (χ1n) is 28.7. The number of thioether (sulfide) groups is 1. The number of nitrogens with one attached hydrogen (secondary N) is 2. The molecule has 0 spiro atoms. The van der Waals surface area contributed by atoms with Gasteiger partial charge in [0, 0.05) is 47.9 Å². The predicted octanol–water partition coefficient (Wildman–Crippen LogP) is 13.0. The minimum Gasteiger partial charge on any atom is -0.391 e. The molecule has 13 nitrogen and oxygen atoms in total. The Morgan fingerprint density at radius 2 is 1.73 bits per heavy atom. The second-order valence-electron chi connectivity index (χ2n) is 23.4. The molecule has 6 rings (SSSR count). The van der Waals surface area contributed by atoms with Crippen LogP contribution in [-0.4, -0.2) is 82.1 Å². The Bertz CT molecular complexity index is 2580. The molecule has 3 aromatic rings. The van der Waals surface area contributed by atoms with Crippen molar-refractivity contribution in [2.24, 2.45) is 49.9 Å².